The Labute approximate surface area is 217 Å². The van der Waals surface area contributed by atoms with Gasteiger partial charge in [-0.3, -0.25) is 9.78 Å². The van der Waals surface area contributed by atoms with E-state index >= 15 is 0 Å². The second kappa shape index (κ2) is 10.9. The van der Waals surface area contributed by atoms with Gasteiger partial charge in [-0.1, -0.05) is 18.2 Å². The molecule has 3 aliphatic rings. The molecule has 0 spiro atoms. The van der Waals surface area contributed by atoms with Crippen molar-refractivity contribution in [3.63, 3.8) is 0 Å². The predicted molar refractivity (Wildman–Crippen MR) is 132 cm³/mol. The number of fused-ring (bicyclic) bond motifs is 1. The summed E-state index contributed by atoms with van der Waals surface area (Å²) in [6, 6.07) is 4.74. The topological polar surface area (TPSA) is 153 Å². The number of methoxy groups -OCH3 is 1. The summed E-state index contributed by atoms with van der Waals surface area (Å²) in [5.41, 5.74) is 1.91. The lowest BCUT2D eigenvalue weighted by Crippen LogP contribution is -2.42. The molecule has 12 nitrogen and oxygen atoms in total. The van der Waals surface area contributed by atoms with Crippen molar-refractivity contribution in [3.05, 3.63) is 77.9 Å². The van der Waals surface area contributed by atoms with Crippen LogP contribution in [0.1, 0.15) is 24.5 Å². The van der Waals surface area contributed by atoms with Crippen LogP contribution in [-0.2, 0) is 19.0 Å². The summed E-state index contributed by atoms with van der Waals surface area (Å²) in [4.78, 5) is 34.8. The number of hydrogen-bond donors (Lipinski definition) is 3. The van der Waals surface area contributed by atoms with Crippen molar-refractivity contribution in [1.29, 1.82) is 0 Å². The van der Waals surface area contributed by atoms with Gasteiger partial charge in [0.15, 0.2) is 18.1 Å². The lowest BCUT2D eigenvalue weighted by atomic mass is 10.0. The monoisotopic (exact) mass is 522 g/mol. The molecule has 4 heterocycles. The lowest BCUT2D eigenvalue weighted by Gasteiger charge is -2.23. The summed E-state index contributed by atoms with van der Waals surface area (Å²) in [5, 5.41) is 23.8. The molecule has 2 aromatic heterocycles. The average Bonchev–Trinajstić information content (AvgIpc) is 3.35. The van der Waals surface area contributed by atoms with Crippen molar-refractivity contribution < 1.29 is 38.7 Å². The smallest absolute Gasteiger partial charge is 0.417 e. The fraction of sp³-hybridized carbons (Fsp3) is 0.308. The molecular weight excluding hydrogens is 496 g/mol. The maximum atomic E-state index is 12.6. The van der Waals surface area contributed by atoms with Gasteiger partial charge in [-0.05, 0) is 30.5 Å². The van der Waals surface area contributed by atoms with E-state index in [0.29, 0.717) is 22.7 Å². The number of amides is 2. The van der Waals surface area contributed by atoms with Crippen LogP contribution >= 0.6 is 0 Å². The molecule has 38 heavy (non-hydrogen) atoms. The number of aliphatic hydroxyl groups excluding tert-OH is 2. The van der Waals surface area contributed by atoms with E-state index in [1.807, 2.05) is 18.2 Å². The number of nitrogens with zero attached hydrogens (tertiary/aromatic N) is 3. The Morgan fingerprint density at radius 3 is 2.95 bits per heavy atom. The first kappa shape index (κ1) is 25.2. The molecule has 1 aliphatic carbocycles. The van der Waals surface area contributed by atoms with E-state index in [4.69, 9.17) is 18.9 Å². The van der Waals surface area contributed by atoms with Crippen LogP contribution in [0.3, 0.4) is 0 Å². The van der Waals surface area contributed by atoms with E-state index in [9.17, 15) is 19.8 Å². The van der Waals surface area contributed by atoms with Gasteiger partial charge < -0.3 is 34.5 Å². The summed E-state index contributed by atoms with van der Waals surface area (Å²) in [5.74, 6) is 0.116. The maximum Gasteiger partial charge on any atom is 0.417 e. The second-order valence-corrected chi connectivity index (χ2v) is 8.71. The Morgan fingerprint density at radius 1 is 1.29 bits per heavy atom. The van der Waals surface area contributed by atoms with Gasteiger partial charge in [-0.2, -0.15) is 0 Å². The Hall–Kier alpha value is -4.42. The third kappa shape index (κ3) is 5.17. The molecule has 2 aromatic rings. The Morgan fingerprint density at radius 2 is 2.16 bits per heavy atom. The highest BCUT2D eigenvalue weighted by atomic mass is 16.6. The van der Waals surface area contributed by atoms with Gasteiger partial charge >= 0.3 is 6.09 Å². The average molecular weight is 523 g/mol. The van der Waals surface area contributed by atoms with Gasteiger partial charge in [0.25, 0.3) is 5.91 Å². The normalized spacial score (nSPS) is 20.4. The number of ether oxygens (including phenoxy) is 4. The van der Waals surface area contributed by atoms with Crippen molar-refractivity contribution in [1.82, 2.24) is 20.2 Å². The van der Waals surface area contributed by atoms with Crippen LogP contribution in [0, 0.1) is 0 Å². The highest BCUT2D eigenvalue weighted by Crippen LogP contribution is 2.30. The van der Waals surface area contributed by atoms with Crippen LogP contribution in [0.2, 0.25) is 0 Å². The third-order valence-corrected chi connectivity index (χ3v) is 6.22. The quantitative estimate of drug-likeness (QED) is 0.469. The number of nitrogens with one attached hydrogen (secondary N) is 1. The predicted octanol–water partition coefficient (Wildman–Crippen LogP) is 1.93. The molecule has 0 bridgehead atoms. The van der Waals surface area contributed by atoms with Crippen molar-refractivity contribution in [2.45, 2.75) is 31.2 Å². The zero-order valence-electron chi connectivity index (χ0n) is 20.4. The van der Waals surface area contributed by atoms with E-state index in [2.05, 4.69) is 15.3 Å². The molecule has 12 heteroatoms. The number of allylic oxidation sites excluding steroid dienone is 4. The molecule has 3 atom stereocenters. The highest BCUT2D eigenvalue weighted by molar-refractivity contribution is 5.84. The van der Waals surface area contributed by atoms with E-state index in [1.165, 1.54) is 36.8 Å². The molecule has 5 rings (SSSR count). The van der Waals surface area contributed by atoms with Crippen molar-refractivity contribution >= 4 is 23.0 Å². The van der Waals surface area contributed by atoms with Crippen molar-refractivity contribution in [3.8, 4) is 5.88 Å². The first-order valence-electron chi connectivity index (χ1n) is 12.0. The first-order valence-corrected chi connectivity index (χ1v) is 12.0. The summed E-state index contributed by atoms with van der Waals surface area (Å²) >= 11 is 0. The molecule has 2 aliphatic heterocycles. The van der Waals surface area contributed by atoms with Gasteiger partial charge in [0.1, 0.15) is 18.5 Å². The molecular formula is C26H26N4O8. The van der Waals surface area contributed by atoms with Crippen LogP contribution in [0.15, 0.2) is 72.4 Å². The molecule has 1 fully saturated rings. The SMILES string of the molecule is COc1ccc2nccc([C@@H](O)[C@H](O)C(=O)NC[C@H]3CN(C4=COC=C(C5=CC=CCC5)O4)C(=O)O3)c2n1. The number of cyclic esters (lactones) is 1. The van der Waals surface area contributed by atoms with Crippen LogP contribution in [0.25, 0.3) is 11.0 Å². The van der Waals surface area contributed by atoms with E-state index in [1.54, 1.807) is 12.1 Å². The molecule has 0 unspecified atom stereocenters. The minimum atomic E-state index is -1.81. The molecule has 2 amide bonds. The number of rotatable bonds is 8. The summed E-state index contributed by atoms with van der Waals surface area (Å²) in [6.07, 6.45) is 6.98. The van der Waals surface area contributed by atoms with Crippen LogP contribution in [-0.4, -0.2) is 69.5 Å². The minimum Gasteiger partial charge on any atom is -0.481 e. The van der Waals surface area contributed by atoms with E-state index < -0.39 is 30.3 Å². The maximum absolute atomic E-state index is 12.6. The number of pyridine rings is 2. The summed E-state index contributed by atoms with van der Waals surface area (Å²) in [7, 11) is 1.45. The minimum absolute atomic E-state index is 0.0812. The van der Waals surface area contributed by atoms with Gasteiger partial charge in [-0.25, -0.2) is 14.7 Å². The second-order valence-electron chi connectivity index (χ2n) is 8.71. The fourth-order valence-electron chi connectivity index (χ4n) is 4.20. The standard InChI is InChI=1S/C26H26N4O8/c1-35-20-8-7-18-22(29-20)17(9-10-27-18)23(31)24(32)25(33)28-11-16-12-30(26(34)37-16)21-14-36-13-19(38-21)15-5-3-2-4-6-15/h2-3,5,7-10,13-14,16,23-24,31-32H,4,6,11-12H2,1H3,(H,28,33)/t16-,23+,24-/m0/s1. The van der Waals surface area contributed by atoms with E-state index in [-0.39, 0.29) is 24.5 Å². The largest absolute Gasteiger partial charge is 0.481 e. The van der Waals surface area contributed by atoms with Crippen LogP contribution < -0.4 is 10.1 Å². The molecule has 0 saturated carbocycles. The van der Waals surface area contributed by atoms with Gasteiger partial charge in [0.2, 0.25) is 11.8 Å². The zero-order chi connectivity index (χ0) is 26.6. The fourth-order valence-corrected chi connectivity index (χ4v) is 4.20. The Bertz CT molecular complexity index is 1370. The molecule has 3 N–H and O–H groups in total. The van der Waals surface area contributed by atoms with Gasteiger partial charge in [0, 0.05) is 17.8 Å². The molecule has 198 valence electrons. The molecule has 0 aromatic carbocycles. The highest BCUT2D eigenvalue weighted by Gasteiger charge is 2.37. The van der Waals surface area contributed by atoms with Gasteiger partial charge in [0.05, 0.1) is 31.2 Å². The summed E-state index contributed by atoms with van der Waals surface area (Å²) < 4.78 is 21.7. The third-order valence-electron chi connectivity index (χ3n) is 6.22. The number of aliphatic hydroxyl groups is 2. The summed E-state index contributed by atoms with van der Waals surface area (Å²) in [6.45, 7) is -0.0152. The van der Waals surface area contributed by atoms with E-state index in [0.717, 1.165) is 18.4 Å². The van der Waals surface area contributed by atoms with Crippen molar-refractivity contribution in [2.24, 2.45) is 0 Å². The van der Waals surface area contributed by atoms with Crippen LogP contribution in [0.4, 0.5) is 4.79 Å². The van der Waals surface area contributed by atoms with Gasteiger partial charge in [-0.15, -0.1) is 0 Å². The van der Waals surface area contributed by atoms with Crippen LogP contribution in [0.5, 0.6) is 5.88 Å². The first-order chi connectivity index (χ1) is 18.4. The van der Waals surface area contributed by atoms with Crippen molar-refractivity contribution in [2.75, 3.05) is 20.2 Å². The zero-order valence-corrected chi connectivity index (χ0v) is 20.4. The molecule has 0 radical (unpaired) electrons. The number of hydrogen-bond acceptors (Lipinski definition) is 10. The Balaban J connectivity index is 1.18. The lowest BCUT2D eigenvalue weighted by molar-refractivity contribution is -0.135. The number of carbonyl (C=O) groups excluding carboxylic acids is 2. The Kier molecular flexibility index (Phi) is 7.24. The number of aromatic nitrogens is 2. The molecule has 1 saturated heterocycles. The number of carbonyl (C=O) groups is 2.